The zero-order chi connectivity index (χ0) is 11.7. The van der Waals surface area contributed by atoms with Crippen LogP contribution in [0.1, 0.15) is 47.5 Å². The SMILES string of the molecule is C\C=C(C)/C=C/C=C(/C)CCC=C(C)C. The maximum Gasteiger partial charge on any atom is -0.0285 e. The summed E-state index contributed by atoms with van der Waals surface area (Å²) in [6.45, 7) is 10.7. The molecule has 0 spiro atoms. The summed E-state index contributed by atoms with van der Waals surface area (Å²) >= 11 is 0. The first-order valence-electron chi connectivity index (χ1n) is 5.66. The van der Waals surface area contributed by atoms with Gasteiger partial charge in [0.1, 0.15) is 0 Å². The summed E-state index contributed by atoms with van der Waals surface area (Å²) in [5, 5.41) is 0. The molecule has 84 valence electrons. The second-order valence-corrected chi connectivity index (χ2v) is 4.22. The predicted octanol–water partition coefficient (Wildman–Crippen LogP) is 5.20. The van der Waals surface area contributed by atoms with Crippen molar-refractivity contribution in [2.45, 2.75) is 47.5 Å². The third kappa shape index (κ3) is 9.27. The van der Waals surface area contributed by atoms with E-state index in [4.69, 9.17) is 0 Å². The van der Waals surface area contributed by atoms with E-state index in [1.807, 2.05) is 0 Å². The van der Waals surface area contributed by atoms with Crippen LogP contribution >= 0.6 is 0 Å². The molecular formula is C15H24. The Morgan fingerprint density at radius 1 is 1.07 bits per heavy atom. The number of hydrogen-bond acceptors (Lipinski definition) is 0. The molecule has 0 aromatic carbocycles. The third-order valence-corrected chi connectivity index (χ3v) is 2.29. The highest BCUT2D eigenvalue weighted by Gasteiger charge is 1.86. The van der Waals surface area contributed by atoms with E-state index in [0.29, 0.717) is 0 Å². The lowest BCUT2D eigenvalue weighted by Crippen LogP contribution is -1.76. The largest absolute Gasteiger partial charge is 0.0856 e. The summed E-state index contributed by atoms with van der Waals surface area (Å²) in [6, 6.07) is 0. The lowest BCUT2D eigenvalue weighted by Gasteiger charge is -1.96. The molecule has 0 radical (unpaired) electrons. The molecule has 0 aliphatic heterocycles. The fourth-order valence-corrected chi connectivity index (χ4v) is 1.13. The number of hydrogen-bond donors (Lipinski definition) is 0. The van der Waals surface area contributed by atoms with E-state index >= 15 is 0 Å². The average Bonchev–Trinajstić information content (AvgIpc) is 2.17. The third-order valence-electron chi connectivity index (χ3n) is 2.29. The predicted molar refractivity (Wildman–Crippen MR) is 71.0 cm³/mol. The summed E-state index contributed by atoms with van der Waals surface area (Å²) in [5.74, 6) is 0. The second-order valence-electron chi connectivity index (χ2n) is 4.22. The fourth-order valence-electron chi connectivity index (χ4n) is 1.13. The molecule has 0 fully saturated rings. The van der Waals surface area contributed by atoms with Crippen molar-refractivity contribution in [3.05, 3.63) is 47.1 Å². The van der Waals surface area contributed by atoms with Gasteiger partial charge in [0.15, 0.2) is 0 Å². The lowest BCUT2D eigenvalue weighted by molar-refractivity contribution is 0.967. The molecule has 0 aromatic rings. The van der Waals surface area contributed by atoms with Crippen molar-refractivity contribution < 1.29 is 0 Å². The molecule has 0 N–H and O–H groups in total. The molecule has 0 amide bonds. The molecule has 0 saturated carbocycles. The van der Waals surface area contributed by atoms with Gasteiger partial charge >= 0.3 is 0 Å². The maximum absolute atomic E-state index is 2.29. The highest BCUT2D eigenvalue weighted by molar-refractivity contribution is 5.21. The van der Waals surface area contributed by atoms with Gasteiger partial charge in [-0.3, -0.25) is 0 Å². The van der Waals surface area contributed by atoms with Gasteiger partial charge in [0.05, 0.1) is 0 Å². The Morgan fingerprint density at radius 3 is 2.27 bits per heavy atom. The number of rotatable bonds is 5. The van der Waals surface area contributed by atoms with Crippen LogP contribution in [0, 0.1) is 0 Å². The molecule has 0 bridgehead atoms. The molecule has 0 heterocycles. The van der Waals surface area contributed by atoms with Crippen LogP contribution in [0.4, 0.5) is 0 Å². The molecule has 0 nitrogen and oxygen atoms in total. The van der Waals surface area contributed by atoms with Gasteiger partial charge < -0.3 is 0 Å². The molecule has 0 heteroatoms. The molecular weight excluding hydrogens is 180 g/mol. The minimum absolute atomic E-state index is 1.15. The average molecular weight is 204 g/mol. The van der Waals surface area contributed by atoms with Gasteiger partial charge in [0.2, 0.25) is 0 Å². The minimum Gasteiger partial charge on any atom is -0.0856 e. The summed E-state index contributed by atoms with van der Waals surface area (Å²) < 4.78 is 0. The second kappa shape index (κ2) is 8.28. The first-order chi connectivity index (χ1) is 7.06. The molecule has 0 rings (SSSR count). The molecule has 0 aliphatic rings. The summed E-state index contributed by atoms with van der Waals surface area (Å²) in [5.41, 5.74) is 4.15. The van der Waals surface area contributed by atoms with Crippen molar-refractivity contribution in [3.63, 3.8) is 0 Å². The Bertz CT molecular complexity index is 281. The van der Waals surface area contributed by atoms with Gasteiger partial charge in [-0.15, -0.1) is 0 Å². The van der Waals surface area contributed by atoms with Crippen LogP contribution < -0.4 is 0 Å². The minimum atomic E-state index is 1.15. The summed E-state index contributed by atoms with van der Waals surface area (Å²) in [4.78, 5) is 0. The summed E-state index contributed by atoms with van der Waals surface area (Å²) in [7, 11) is 0. The van der Waals surface area contributed by atoms with E-state index in [9.17, 15) is 0 Å². The zero-order valence-corrected chi connectivity index (χ0v) is 10.8. The van der Waals surface area contributed by atoms with Gasteiger partial charge in [-0.25, -0.2) is 0 Å². The van der Waals surface area contributed by atoms with Gasteiger partial charge in [0.25, 0.3) is 0 Å². The van der Waals surface area contributed by atoms with Crippen molar-refractivity contribution in [2.24, 2.45) is 0 Å². The van der Waals surface area contributed by atoms with Crippen molar-refractivity contribution in [2.75, 3.05) is 0 Å². The lowest BCUT2D eigenvalue weighted by atomic mass is 10.1. The Balaban J connectivity index is 4.00. The van der Waals surface area contributed by atoms with E-state index < -0.39 is 0 Å². The first-order valence-corrected chi connectivity index (χ1v) is 5.66. The van der Waals surface area contributed by atoms with Crippen LogP contribution in [-0.2, 0) is 0 Å². The molecule has 0 atom stereocenters. The van der Waals surface area contributed by atoms with Crippen LogP contribution in [0.15, 0.2) is 47.1 Å². The highest BCUT2D eigenvalue weighted by Crippen LogP contribution is 2.07. The van der Waals surface area contributed by atoms with Crippen molar-refractivity contribution in [3.8, 4) is 0 Å². The Kier molecular flexibility index (Phi) is 7.71. The molecule has 15 heavy (non-hydrogen) atoms. The first kappa shape index (κ1) is 14.0. The molecule has 0 saturated heterocycles. The van der Waals surface area contributed by atoms with Gasteiger partial charge in [-0.1, -0.05) is 47.1 Å². The van der Waals surface area contributed by atoms with E-state index in [2.05, 4.69) is 65.0 Å². The fraction of sp³-hybridized carbons (Fsp3) is 0.467. The standard InChI is InChI=1S/C15H24/c1-6-14(4)10-8-12-15(5)11-7-9-13(2)3/h6,8-10,12H,7,11H2,1-5H3/b10-8+,14-6-,15-12-. The van der Waals surface area contributed by atoms with Crippen LogP contribution in [0.3, 0.4) is 0 Å². The molecule has 0 aromatic heterocycles. The topological polar surface area (TPSA) is 0 Å². The van der Waals surface area contributed by atoms with E-state index in [-0.39, 0.29) is 0 Å². The zero-order valence-electron chi connectivity index (χ0n) is 10.8. The van der Waals surface area contributed by atoms with Crippen LogP contribution in [0.5, 0.6) is 0 Å². The summed E-state index contributed by atoms with van der Waals surface area (Å²) in [6.07, 6.45) is 13.2. The Morgan fingerprint density at radius 2 is 1.73 bits per heavy atom. The quantitative estimate of drug-likeness (QED) is 0.426. The van der Waals surface area contributed by atoms with Crippen molar-refractivity contribution in [1.82, 2.24) is 0 Å². The van der Waals surface area contributed by atoms with E-state index in [0.717, 1.165) is 12.8 Å². The highest BCUT2D eigenvalue weighted by atomic mass is 13.9. The number of allylic oxidation sites excluding steroid dienone is 8. The smallest absolute Gasteiger partial charge is 0.0285 e. The molecule has 0 unspecified atom stereocenters. The van der Waals surface area contributed by atoms with Crippen molar-refractivity contribution >= 4 is 0 Å². The van der Waals surface area contributed by atoms with Crippen LogP contribution in [0.2, 0.25) is 0 Å². The van der Waals surface area contributed by atoms with E-state index in [1.54, 1.807) is 0 Å². The van der Waals surface area contributed by atoms with E-state index in [1.165, 1.54) is 16.7 Å². The van der Waals surface area contributed by atoms with Crippen LogP contribution in [-0.4, -0.2) is 0 Å². The monoisotopic (exact) mass is 204 g/mol. The maximum atomic E-state index is 2.29. The molecule has 0 aliphatic carbocycles. The van der Waals surface area contributed by atoms with Gasteiger partial charge in [-0.2, -0.15) is 0 Å². The normalized spacial score (nSPS) is 13.4. The van der Waals surface area contributed by atoms with Gasteiger partial charge in [0, 0.05) is 0 Å². The Hall–Kier alpha value is -1.04. The van der Waals surface area contributed by atoms with Crippen molar-refractivity contribution in [1.29, 1.82) is 0 Å². The Labute approximate surface area is 95.1 Å². The van der Waals surface area contributed by atoms with Crippen LogP contribution in [0.25, 0.3) is 0 Å². The van der Waals surface area contributed by atoms with Gasteiger partial charge in [-0.05, 0) is 47.5 Å².